The quantitative estimate of drug-likeness (QED) is 0.644. The highest BCUT2D eigenvalue weighted by molar-refractivity contribution is 6.30. The Hall–Kier alpha value is -2.92. The molecule has 1 atom stereocenters. The van der Waals surface area contributed by atoms with Gasteiger partial charge in [-0.1, -0.05) is 43.6 Å². The molecule has 1 aliphatic heterocycles. The molecule has 6 heteroatoms. The minimum absolute atomic E-state index is 0.0206. The van der Waals surface area contributed by atoms with Gasteiger partial charge >= 0.3 is 0 Å². The first-order chi connectivity index (χ1) is 14.6. The van der Waals surface area contributed by atoms with Crippen LogP contribution in [0.25, 0.3) is 0 Å². The minimum Gasteiger partial charge on any atom is -0.362 e. The molecule has 2 aromatic carbocycles. The number of anilines is 1. The van der Waals surface area contributed by atoms with Gasteiger partial charge in [-0.2, -0.15) is 0 Å². The number of ketones is 1. The van der Waals surface area contributed by atoms with Crippen molar-refractivity contribution in [2.75, 3.05) is 5.32 Å². The highest BCUT2D eigenvalue weighted by Gasteiger charge is 2.42. The van der Waals surface area contributed by atoms with Gasteiger partial charge in [-0.05, 0) is 54.7 Å². The SMILES string of the molecule is CC1=C(C(=O)Nc2cccc(F)c2)C(c2cccc(Cl)c2)C2=C(CC(C)(C)CC2=O)N1. The number of carbonyl (C=O) groups excluding carboxylic acids is 2. The Morgan fingerprint density at radius 2 is 1.90 bits per heavy atom. The molecular formula is C25H24ClFN2O2. The molecule has 160 valence electrons. The number of Topliss-reactive ketones (excluding diaryl/α,β-unsaturated/α-hetero) is 1. The van der Waals surface area contributed by atoms with Crippen molar-refractivity contribution in [1.82, 2.24) is 5.32 Å². The van der Waals surface area contributed by atoms with E-state index in [-0.39, 0.29) is 17.1 Å². The normalized spacial score (nSPS) is 20.3. The molecule has 4 nitrogen and oxygen atoms in total. The third kappa shape index (κ3) is 4.28. The second-order valence-electron chi connectivity index (χ2n) is 8.95. The van der Waals surface area contributed by atoms with Crippen LogP contribution in [0, 0.1) is 11.2 Å². The Balaban J connectivity index is 1.81. The van der Waals surface area contributed by atoms with E-state index in [1.54, 1.807) is 18.2 Å². The molecular weight excluding hydrogens is 415 g/mol. The summed E-state index contributed by atoms with van der Waals surface area (Å²) in [6.07, 6.45) is 1.11. The van der Waals surface area contributed by atoms with E-state index < -0.39 is 11.7 Å². The van der Waals surface area contributed by atoms with Crippen LogP contribution < -0.4 is 10.6 Å². The van der Waals surface area contributed by atoms with Crippen molar-refractivity contribution in [1.29, 1.82) is 0 Å². The van der Waals surface area contributed by atoms with Crippen molar-refractivity contribution < 1.29 is 14.0 Å². The van der Waals surface area contributed by atoms with Crippen LogP contribution in [-0.2, 0) is 9.59 Å². The van der Waals surface area contributed by atoms with E-state index in [1.165, 1.54) is 18.2 Å². The summed E-state index contributed by atoms with van der Waals surface area (Å²) < 4.78 is 13.6. The summed E-state index contributed by atoms with van der Waals surface area (Å²) in [5.41, 5.74) is 3.53. The lowest BCUT2D eigenvalue weighted by Gasteiger charge is -2.39. The fraction of sp³-hybridized carbons (Fsp3) is 0.280. The van der Waals surface area contributed by atoms with E-state index in [0.717, 1.165) is 11.3 Å². The summed E-state index contributed by atoms with van der Waals surface area (Å²) in [4.78, 5) is 26.6. The van der Waals surface area contributed by atoms with Crippen molar-refractivity contribution in [2.45, 2.75) is 39.5 Å². The molecule has 0 saturated carbocycles. The molecule has 0 fully saturated rings. The molecule has 0 saturated heterocycles. The van der Waals surface area contributed by atoms with E-state index in [4.69, 9.17) is 11.6 Å². The number of hydrogen-bond acceptors (Lipinski definition) is 3. The summed E-state index contributed by atoms with van der Waals surface area (Å²) in [7, 11) is 0. The van der Waals surface area contributed by atoms with Crippen LogP contribution in [0.3, 0.4) is 0 Å². The maximum Gasteiger partial charge on any atom is 0.254 e. The molecule has 1 unspecified atom stereocenters. The number of carbonyl (C=O) groups is 2. The molecule has 0 aromatic heterocycles. The Kier molecular flexibility index (Phi) is 5.48. The van der Waals surface area contributed by atoms with Crippen LogP contribution in [0.4, 0.5) is 10.1 Å². The van der Waals surface area contributed by atoms with Crippen LogP contribution in [0.1, 0.15) is 45.1 Å². The molecule has 0 bridgehead atoms. The van der Waals surface area contributed by atoms with Crippen molar-refractivity contribution in [2.24, 2.45) is 5.41 Å². The number of halogens is 2. The molecule has 1 aliphatic carbocycles. The number of hydrogen-bond donors (Lipinski definition) is 2. The Bertz CT molecular complexity index is 1150. The van der Waals surface area contributed by atoms with Gasteiger partial charge in [-0.15, -0.1) is 0 Å². The molecule has 1 heterocycles. The van der Waals surface area contributed by atoms with Gasteiger partial charge < -0.3 is 10.6 Å². The second-order valence-corrected chi connectivity index (χ2v) is 9.39. The molecule has 0 radical (unpaired) electrons. The molecule has 2 aliphatic rings. The fourth-order valence-electron chi connectivity index (χ4n) is 4.52. The summed E-state index contributed by atoms with van der Waals surface area (Å²) in [6, 6.07) is 13.0. The first kappa shape index (κ1) is 21.3. The number of rotatable bonds is 3. The zero-order valence-electron chi connectivity index (χ0n) is 17.7. The van der Waals surface area contributed by atoms with Gasteiger partial charge in [0.1, 0.15) is 5.82 Å². The first-order valence-corrected chi connectivity index (χ1v) is 10.6. The van der Waals surface area contributed by atoms with Crippen molar-refractivity contribution >= 4 is 29.0 Å². The van der Waals surface area contributed by atoms with Gasteiger partial charge in [-0.25, -0.2) is 4.39 Å². The lowest BCUT2D eigenvalue weighted by atomic mass is 9.68. The Morgan fingerprint density at radius 1 is 1.16 bits per heavy atom. The third-order valence-electron chi connectivity index (χ3n) is 5.75. The number of allylic oxidation sites excluding steroid dienone is 3. The highest BCUT2D eigenvalue weighted by Crippen LogP contribution is 2.47. The third-order valence-corrected chi connectivity index (χ3v) is 5.98. The first-order valence-electron chi connectivity index (χ1n) is 10.2. The Labute approximate surface area is 186 Å². The maximum atomic E-state index is 13.6. The number of amides is 1. The van der Waals surface area contributed by atoms with Crippen molar-refractivity contribution in [3.8, 4) is 0 Å². The number of benzene rings is 2. The summed E-state index contributed by atoms with van der Waals surface area (Å²) in [5, 5.41) is 6.63. The zero-order valence-corrected chi connectivity index (χ0v) is 18.4. The predicted molar refractivity (Wildman–Crippen MR) is 120 cm³/mol. The topological polar surface area (TPSA) is 58.2 Å². The number of nitrogens with one attached hydrogen (secondary N) is 2. The van der Waals surface area contributed by atoms with Crippen LogP contribution in [0.2, 0.25) is 5.02 Å². The monoisotopic (exact) mass is 438 g/mol. The molecule has 1 amide bonds. The summed E-state index contributed by atoms with van der Waals surface area (Å²) in [5.74, 6) is -1.35. The molecule has 2 aromatic rings. The number of dihydropyridines is 1. The summed E-state index contributed by atoms with van der Waals surface area (Å²) >= 11 is 6.26. The maximum absolute atomic E-state index is 13.6. The molecule has 2 N–H and O–H groups in total. The standard InChI is InChI=1S/C25H24ClFN2O2/c1-14-21(24(31)29-18-9-5-8-17(27)11-18)22(15-6-4-7-16(26)10-15)23-19(28-14)12-25(2,3)13-20(23)30/h4-11,22,28H,12-13H2,1-3H3,(H,29,31). The van der Waals surface area contributed by atoms with Gasteiger partial charge in [0.15, 0.2) is 5.78 Å². The van der Waals surface area contributed by atoms with E-state index >= 15 is 0 Å². The zero-order chi connectivity index (χ0) is 22.3. The van der Waals surface area contributed by atoms with Gasteiger partial charge in [0.2, 0.25) is 0 Å². The van der Waals surface area contributed by atoms with E-state index in [9.17, 15) is 14.0 Å². The predicted octanol–water partition coefficient (Wildman–Crippen LogP) is 5.72. The summed E-state index contributed by atoms with van der Waals surface area (Å²) in [6.45, 7) is 5.96. The van der Waals surface area contributed by atoms with Crippen LogP contribution in [0.5, 0.6) is 0 Å². The van der Waals surface area contributed by atoms with E-state index in [1.807, 2.05) is 19.1 Å². The van der Waals surface area contributed by atoms with Crippen molar-refractivity contribution in [3.63, 3.8) is 0 Å². The fourth-order valence-corrected chi connectivity index (χ4v) is 4.72. The smallest absolute Gasteiger partial charge is 0.254 e. The molecule has 31 heavy (non-hydrogen) atoms. The van der Waals surface area contributed by atoms with Gasteiger partial charge in [0.05, 0.1) is 0 Å². The Morgan fingerprint density at radius 3 is 2.61 bits per heavy atom. The average Bonchev–Trinajstić information content (AvgIpc) is 2.65. The molecule has 4 rings (SSSR count). The van der Waals surface area contributed by atoms with Gasteiger partial charge in [0.25, 0.3) is 5.91 Å². The minimum atomic E-state index is -0.549. The van der Waals surface area contributed by atoms with Crippen molar-refractivity contribution in [3.05, 3.63) is 87.5 Å². The van der Waals surface area contributed by atoms with E-state index in [2.05, 4.69) is 24.5 Å². The average molecular weight is 439 g/mol. The van der Waals surface area contributed by atoms with E-state index in [0.29, 0.717) is 40.4 Å². The van der Waals surface area contributed by atoms with Crippen LogP contribution >= 0.6 is 11.6 Å². The lowest BCUT2D eigenvalue weighted by Crippen LogP contribution is -2.39. The van der Waals surface area contributed by atoms with Gasteiger partial charge in [0, 0.05) is 45.6 Å². The molecule has 0 spiro atoms. The lowest BCUT2D eigenvalue weighted by molar-refractivity contribution is -0.118. The second kappa shape index (κ2) is 7.97. The van der Waals surface area contributed by atoms with Crippen LogP contribution in [-0.4, -0.2) is 11.7 Å². The van der Waals surface area contributed by atoms with Crippen LogP contribution in [0.15, 0.2) is 71.1 Å². The van der Waals surface area contributed by atoms with Gasteiger partial charge in [-0.3, -0.25) is 9.59 Å². The largest absolute Gasteiger partial charge is 0.362 e. The highest BCUT2D eigenvalue weighted by atomic mass is 35.5.